The summed E-state index contributed by atoms with van der Waals surface area (Å²) in [6.45, 7) is 2.78. The summed E-state index contributed by atoms with van der Waals surface area (Å²) in [6, 6.07) is 10.1. The normalized spacial score (nSPS) is 21.5. The van der Waals surface area contributed by atoms with Crippen LogP contribution < -0.4 is 0 Å². The zero-order valence-corrected chi connectivity index (χ0v) is 13.1. The lowest BCUT2D eigenvalue weighted by molar-refractivity contribution is -0.134. The van der Waals surface area contributed by atoms with Crippen molar-refractivity contribution in [3.63, 3.8) is 0 Å². The van der Waals surface area contributed by atoms with E-state index in [1.54, 1.807) is 0 Å². The van der Waals surface area contributed by atoms with Crippen LogP contribution in [0.5, 0.6) is 0 Å². The molecule has 6 heteroatoms. The molecule has 1 atom stereocenters. The van der Waals surface area contributed by atoms with Crippen LogP contribution in [0.15, 0.2) is 30.3 Å². The zero-order valence-electron chi connectivity index (χ0n) is 13.1. The Kier molecular flexibility index (Phi) is 3.67. The summed E-state index contributed by atoms with van der Waals surface area (Å²) in [6.07, 6.45) is 1.73. The van der Waals surface area contributed by atoms with Crippen molar-refractivity contribution in [1.82, 2.24) is 19.7 Å². The lowest BCUT2D eigenvalue weighted by atomic mass is 9.76. The second-order valence-corrected chi connectivity index (χ2v) is 6.67. The Bertz CT molecular complexity index is 681. The predicted molar refractivity (Wildman–Crippen MR) is 85.5 cm³/mol. The van der Waals surface area contributed by atoms with Gasteiger partial charge in [-0.2, -0.15) is 0 Å². The van der Waals surface area contributed by atoms with Gasteiger partial charge < -0.3 is 14.8 Å². The van der Waals surface area contributed by atoms with Gasteiger partial charge in [-0.3, -0.25) is 4.90 Å². The maximum Gasteiger partial charge on any atom is 0.164 e. The first-order valence-electron chi connectivity index (χ1n) is 8.26. The molecule has 0 saturated heterocycles. The SMILES string of the molecule is OC(CN1CCn2c(nnc2-c2ccccc2)C1)C1(O)CCC1. The molecule has 4 rings (SSSR count). The smallest absolute Gasteiger partial charge is 0.164 e. The highest BCUT2D eigenvalue weighted by molar-refractivity contribution is 5.55. The molecule has 2 aromatic rings. The van der Waals surface area contributed by atoms with Crippen LogP contribution in [0.3, 0.4) is 0 Å². The van der Waals surface area contributed by atoms with Gasteiger partial charge in [-0.05, 0) is 19.3 Å². The topological polar surface area (TPSA) is 74.4 Å². The minimum atomic E-state index is -0.875. The number of hydrogen-bond acceptors (Lipinski definition) is 5. The molecular formula is C17H22N4O2. The van der Waals surface area contributed by atoms with Crippen LogP contribution in [-0.4, -0.2) is 54.7 Å². The summed E-state index contributed by atoms with van der Waals surface area (Å²) in [5.74, 6) is 1.82. The van der Waals surface area contributed by atoms with Crippen molar-refractivity contribution >= 4 is 0 Å². The lowest BCUT2D eigenvalue weighted by Crippen LogP contribution is -2.53. The van der Waals surface area contributed by atoms with E-state index in [1.807, 2.05) is 30.3 Å². The lowest BCUT2D eigenvalue weighted by Gasteiger charge is -2.42. The van der Waals surface area contributed by atoms with Gasteiger partial charge in [-0.15, -0.1) is 10.2 Å². The number of β-amino-alcohol motifs (C(OH)–C–C–N with tert-alkyl or cyclic N) is 1. The van der Waals surface area contributed by atoms with Crippen molar-refractivity contribution in [2.24, 2.45) is 0 Å². The van der Waals surface area contributed by atoms with Crippen LogP contribution in [0, 0.1) is 0 Å². The number of hydrogen-bond donors (Lipinski definition) is 2. The van der Waals surface area contributed by atoms with E-state index in [4.69, 9.17) is 0 Å². The van der Waals surface area contributed by atoms with E-state index in [1.165, 1.54) is 0 Å². The number of benzene rings is 1. The van der Waals surface area contributed by atoms with Gasteiger partial charge in [0.25, 0.3) is 0 Å². The van der Waals surface area contributed by atoms with Crippen molar-refractivity contribution in [2.75, 3.05) is 13.1 Å². The van der Waals surface area contributed by atoms with Crippen LogP contribution in [0.2, 0.25) is 0 Å². The summed E-state index contributed by atoms with van der Waals surface area (Å²) < 4.78 is 2.15. The number of rotatable bonds is 4. The van der Waals surface area contributed by atoms with Crippen molar-refractivity contribution in [3.05, 3.63) is 36.2 Å². The molecule has 1 aromatic carbocycles. The third-order valence-electron chi connectivity index (χ3n) is 5.14. The van der Waals surface area contributed by atoms with Crippen molar-refractivity contribution in [1.29, 1.82) is 0 Å². The quantitative estimate of drug-likeness (QED) is 0.882. The van der Waals surface area contributed by atoms with E-state index >= 15 is 0 Å². The molecule has 1 fully saturated rings. The third-order valence-corrected chi connectivity index (χ3v) is 5.14. The molecule has 0 amide bonds. The summed E-state index contributed by atoms with van der Waals surface area (Å²) in [4.78, 5) is 2.15. The molecule has 0 radical (unpaired) electrons. The maximum atomic E-state index is 10.3. The first kappa shape index (κ1) is 14.8. The molecule has 1 unspecified atom stereocenters. The summed E-state index contributed by atoms with van der Waals surface area (Å²) in [7, 11) is 0. The van der Waals surface area contributed by atoms with Crippen LogP contribution >= 0.6 is 0 Å². The number of fused-ring (bicyclic) bond motifs is 1. The molecule has 0 spiro atoms. The monoisotopic (exact) mass is 314 g/mol. The zero-order chi connectivity index (χ0) is 15.9. The number of aliphatic hydroxyl groups is 2. The van der Waals surface area contributed by atoms with Crippen LogP contribution in [0.4, 0.5) is 0 Å². The summed E-state index contributed by atoms with van der Waals surface area (Å²) in [5, 5.41) is 29.2. The molecular weight excluding hydrogens is 292 g/mol. The van der Waals surface area contributed by atoms with Gasteiger partial charge in [0.2, 0.25) is 0 Å². The molecule has 1 saturated carbocycles. The van der Waals surface area contributed by atoms with Crippen LogP contribution in [0.25, 0.3) is 11.4 Å². The summed E-state index contributed by atoms with van der Waals surface area (Å²) in [5.41, 5.74) is 0.198. The summed E-state index contributed by atoms with van der Waals surface area (Å²) >= 11 is 0. The fourth-order valence-electron chi connectivity index (χ4n) is 3.45. The molecule has 2 heterocycles. The molecule has 0 bridgehead atoms. The largest absolute Gasteiger partial charge is 0.389 e. The van der Waals surface area contributed by atoms with Crippen molar-refractivity contribution < 1.29 is 10.2 Å². The standard InChI is InChI=1S/C17H22N4O2/c22-14(17(23)7-4-8-17)11-20-9-10-21-15(12-20)18-19-16(21)13-5-2-1-3-6-13/h1-3,5-6,14,22-23H,4,7-12H2. The Balaban J connectivity index is 1.47. The Hall–Kier alpha value is -1.76. The number of nitrogens with zero attached hydrogens (tertiary/aromatic N) is 4. The molecule has 1 aliphatic carbocycles. The highest BCUT2D eigenvalue weighted by atomic mass is 16.3. The van der Waals surface area contributed by atoms with Gasteiger partial charge in [0.15, 0.2) is 5.82 Å². The molecule has 23 heavy (non-hydrogen) atoms. The Morgan fingerprint density at radius 1 is 1.13 bits per heavy atom. The van der Waals surface area contributed by atoms with Crippen LogP contribution in [0.1, 0.15) is 25.1 Å². The van der Waals surface area contributed by atoms with Gasteiger partial charge in [-0.1, -0.05) is 30.3 Å². The van der Waals surface area contributed by atoms with Gasteiger partial charge in [0.1, 0.15) is 5.82 Å². The van der Waals surface area contributed by atoms with Gasteiger partial charge in [0.05, 0.1) is 18.2 Å². The minimum Gasteiger partial charge on any atom is -0.389 e. The second-order valence-electron chi connectivity index (χ2n) is 6.67. The Morgan fingerprint density at radius 2 is 1.91 bits per heavy atom. The van der Waals surface area contributed by atoms with Crippen molar-refractivity contribution in [3.8, 4) is 11.4 Å². The first-order valence-corrected chi connectivity index (χ1v) is 8.26. The Labute approximate surface area is 135 Å². The predicted octanol–water partition coefficient (Wildman–Crippen LogP) is 1.04. The molecule has 122 valence electrons. The fraction of sp³-hybridized carbons (Fsp3) is 0.529. The molecule has 2 aliphatic rings. The highest BCUT2D eigenvalue weighted by Crippen LogP contribution is 2.35. The van der Waals surface area contributed by atoms with E-state index in [9.17, 15) is 10.2 Å². The van der Waals surface area contributed by atoms with Gasteiger partial charge >= 0.3 is 0 Å². The highest BCUT2D eigenvalue weighted by Gasteiger charge is 2.42. The van der Waals surface area contributed by atoms with E-state index in [0.29, 0.717) is 25.9 Å². The minimum absolute atomic E-state index is 0.490. The molecule has 1 aliphatic heterocycles. The molecule has 1 aromatic heterocycles. The maximum absolute atomic E-state index is 10.3. The molecule has 6 nitrogen and oxygen atoms in total. The first-order chi connectivity index (χ1) is 11.2. The fourth-order valence-corrected chi connectivity index (χ4v) is 3.45. The number of aliphatic hydroxyl groups excluding tert-OH is 1. The third kappa shape index (κ3) is 2.67. The number of aromatic nitrogens is 3. The average molecular weight is 314 g/mol. The second kappa shape index (κ2) is 5.70. The van der Waals surface area contributed by atoms with E-state index in [-0.39, 0.29) is 0 Å². The van der Waals surface area contributed by atoms with E-state index in [2.05, 4.69) is 19.7 Å². The van der Waals surface area contributed by atoms with Gasteiger partial charge in [-0.25, -0.2) is 0 Å². The van der Waals surface area contributed by atoms with Crippen LogP contribution in [-0.2, 0) is 13.1 Å². The van der Waals surface area contributed by atoms with Crippen molar-refractivity contribution in [2.45, 2.75) is 44.1 Å². The Morgan fingerprint density at radius 3 is 2.61 bits per heavy atom. The van der Waals surface area contributed by atoms with E-state index < -0.39 is 11.7 Å². The average Bonchev–Trinajstić information content (AvgIpc) is 2.96. The molecule has 2 N–H and O–H groups in total. The van der Waals surface area contributed by atoms with Gasteiger partial charge in [0, 0.05) is 25.2 Å². The van der Waals surface area contributed by atoms with E-state index in [0.717, 1.165) is 36.7 Å².